The van der Waals surface area contributed by atoms with Gasteiger partial charge in [-0.2, -0.15) is 0 Å². The summed E-state index contributed by atoms with van der Waals surface area (Å²) in [7, 11) is 0. The van der Waals surface area contributed by atoms with Crippen LogP contribution in [-0.4, -0.2) is 23.8 Å². The number of aryl methyl sites for hydroxylation is 2. The Kier molecular flexibility index (Phi) is 5.16. The fourth-order valence-electron chi connectivity index (χ4n) is 1.88. The molecule has 0 bridgehead atoms. The van der Waals surface area contributed by atoms with Gasteiger partial charge in [-0.25, -0.2) is 4.79 Å². The molecular formula is C14H20O3. The lowest BCUT2D eigenvalue weighted by Gasteiger charge is -2.14. The summed E-state index contributed by atoms with van der Waals surface area (Å²) in [5.74, 6) is -0.891. The molecule has 0 radical (unpaired) electrons. The number of hydrogen-bond donors (Lipinski definition) is 1. The fraction of sp³-hybridized carbons (Fsp3) is 0.500. The largest absolute Gasteiger partial charge is 0.479 e. The van der Waals surface area contributed by atoms with Crippen LogP contribution >= 0.6 is 0 Å². The van der Waals surface area contributed by atoms with Crippen molar-refractivity contribution >= 4 is 5.97 Å². The van der Waals surface area contributed by atoms with Crippen molar-refractivity contribution < 1.29 is 14.6 Å². The van der Waals surface area contributed by atoms with Gasteiger partial charge in [-0.05, 0) is 25.8 Å². The summed E-state index contributed by atoms with van der Waals surface area (Å²) in [6, 6.07) is 6.10. The first-order valence-corrected chi connectivity index (χ1v) is 5.94. The zero-order valence-electron chi connectivity index (χ0n) is 10.7. The van der Waals surface area contributed by atoms with Crippen molar-refractivity contribution in [2.75, 3.05) is 6.61 Å². The molecule has 1 rings (SSSR count). The number of benzene rings is 1. The van der Waals surface area contributed by atoms with Gasteiger partial charge in [0.1, 0.15) is 0 Å². The van der Waals surface area contributed by atoms with E-state index in [-0.39, 0.29) is 0 Å². The van der Waals surface area contributed by atoms with Gasteiger partial charge in [0.2, 0.25) is 0 Å². The molecule has 0 aliphatic heterocycles. The molecule has 0 saturated heterocycles. The zero-order chi connectivity index (χ0) is 12.8. The van der Waals surface area contributed by atoms with Crippen LogP contribution in [0, 0.1) is 13.8 Å². The molecule has 3 heteroatoms. The van der Waals surface area contributed by atoms with Gasteiger partial charge in [0.15, 0.2) is 6.10 Å². The highest BCUT2D eigenvalue weighted by atomic mass is 16.5. The van der Waals surface area contributed by atoms with E-state index in [0.717, 1.165) is 23.1 Å². The number of hydrogen-bond acceptors (Lipinski definition) is 2. The van der Waals surface area contributed by atoms with Crippen molar-refractivity contribution in [1.82, 2.24) is 0 Å². The monoisotopic (exact) mass is 236 g/mol. The molecule has 0 spiro atoms. The minimum Gasteiger partial charge on any atom is -0.479 e. The average molecular weight is 236 g/mol. The normalized spacial score (nSPS) is 12.4. The standard InChI is InChI=1S/C14H20O3/c1-4-5-17-13(14(15)16)9-12-7-10(2)6-11(3)8-12/h6-8,13H,4-5,9H2,1-3H3,(H,15,16). The molecule has 0 amide bonds. The first-order valence-electron chi connectivity index (χ1n) is 5.94. The van der Waals surface area contributed by atoms with Crippen molar-refractivity contribution in [3.8, 4) is 0 Å². The van der Waals surface area contributed by atoms with Gasteiger partial charge in [-0.1, -0.05) is 36.2 Å². The fourth-order valence-corrected chi connectivity index (χ4v) is 1.88. The predicted octanol–water partition coefficient (Wildman–Crippen LogP) is 2.73. The molecule has 94 valence electrons. The molecule has 1 aromatic rings. The van der Waals surface area contributed by atoms with Gasteiger partial charge in [-0.3, -0.25) is 0 Å². The summed E-state index contributed by atoms with van der Waals surface area (Å²) in [6.45, 7) is 6.48. The molecule has 17 heavy (non-hydrogen) atoms. The van der Waals surface area contributed by atoms with E-state index in [1.54, 1.807) is 0 Å². The highest BCUT2D eigenvalue weighted by molar-refractivity contribution is 5.72. The van der Waals surface area contributed by atoms with E-state index in [1.165, 1.54) is 0 Å². The van der Waals surface area contributed by atoms with Gasteiger partial charge in [0, 0.05) is 13.0 Å². The molecule has 0 aromatic heterocycles. The number of aliphatic carboxylic acids is 1. The van der Waals surface area contributed by atoms with Crippen LogP contribution in [-0.2, 0) is 16.0 Å². The summed E-state index contributed by atoms with van der Waals surface area (Å²) < 4.78 is 5.34. The number of rotatable bonds is 6. The topological polar surface area (TPSA) is 46.5 Å². The van der Waals surface area contributed by atoms with Crippen molar-refractivity contribution in [3.63, 3.8) is 0 Å². The maximum absolute atomic E-state index is 11.1. The molecule has 0 heterocycles. The smallest absolute Gasteiger partial charge is 0.333 e. The number of carboxylic acid groups (broad SMARTS) is 1. The summed E-state index contributed by atoms with van der Waals surface area (Å²) in [5.41, 5.74) is 3.32. The Bertz CT molecular complexity index is 365. The minimum atomic E-state index is -0.891. The molecule has 0 fully saturated rings. The Balaban J connectivity index is 2.74. The second kappa shape index (κ2) is 6.40. The minimum absolute atomic E-state index is 0.428. The van der Waals surface area contributed by atoms with Gasteiger partial charge in [-0.15, -0.1) is 0 Å². The summed E-state index contributed by atoms with van der Waals surface area (Å²) in [4.78, 5) is 11.1. The Morgan fingerprint density at radius 2 is 1.88 bits per heavy atom. The highest BCUT2D eigenvalue weighted by Gasteiger charge is 2.18. The van der Waals surface area contributed by atoms with Gasteiger partial charge in [0.25, 0.3) is 0 Å². The third kappa shape index (κ3) is 4.57. The number of carboxylic acids is 1. The molecule has 1 atom stereocenters. The maximum Gasteiger partial charge on any atom is 0.333 e. The molecule has 0 aliphatic rings. The molecule has 1 N–H and O–H groups in total. The summed E-state index contributed by atoms with van der Waals surface area (Å²) in [6.07, 6.45) is 0.519. The molecule has 1 aromatic carbocycles. The van der Waals surface area contributed by atoms with Crippen LogP contribution in [0.3, 0.4) is 0 Å². The summed E-state index contributed by atoms with van der Waals surface area (Å²) in [5, 5.41) is 9.07. The van der Waals surface area contributed by atoms with E-state index in [9.17, 15) is 4.79 Å². The Labute approximate surface area is 102 Å². The highest BCUT2D eigenvalue weighted by Crippen LogP contribution is 2.12. The van der Waals surface area contributed by atoms with Crippen LogP contribution in [0.15, 0.2) is 18.2 Å². The Morgan fingerprint density at radius 3 is 2.35 bits per heavy atom. The van der Waals surface area contributed by atoms with E-state index in [4.69, 9.17) is 9.84 Å². The second-order valence-corrected chi connectivity index (χ2v) is 4.40. The molecular weight excluding hydrogens is 216 g/mol. The van der Waals surface area contributed by atoms with Crippen LogP contribution in [0.4, 0.5) is 0 Å². The van der Waals surface area contributed by atoms with Crippen LogP contribution in [0.25, 0.3) is 0 Å². The quantitative estimate of drug-likeness (QED) is 0.826. The lowest BCUT2D eigenvalue weighted by atomic mass is 10.0. The SMILES string of the molecule is CCCOC(Cc1cc(C)cc(C)c1)C(=O)O. The first kappa shape index (κ1) is 13.7. The first-order chi connectivity index (χ1) is 8.02. The van der Waals surface area contributed by atoms with Crippen molar-refractivity contribution in [3.05, 3.63) is 34.9 Å². The van der Waals surface area contributed by atoms with Crippen molar-refractivity contribution in [1.29, 1.82) is 0 Å². The van der Waals surface area contributed by atoms with Crippen molar-refractivity contribution in [2.45, 2.75) is 39.7 Å². The second-order valence-electron chi connectivity index (χ2n) is 4.40. The Morgan fingerprint density at radius 1 is 1.29 bits per heavy atom. The van der Waals surface area contributed by atoms with Gasteiger partial charge >= 0.3 is 5.97 Å². The maximum atomic E-state index is 11.1. The van der Waals surface area contributed by atoms with E-state index in [1.807, 2.05) is 32.9 Å². The van der Waals surface area contributed by atoms with E-state index >= 15 is 0 Å². The summed E-state index contributed by atoms with van der Waals surface area (Å²) >= 11 is 0. The third-order valence-electron chi connectivity index (χ3n) is 2.50. The third-order valence-corrected chi connectivity index (χ3v) is 2.50. The number of ether oxygens (including phenoxy) is 1. The van der Waals surface area contributed by atoms with Crippen LogP contribution in [0.2, 0.25) is 0 Å². The van der Waals surface area contributed by atoms with Crippen molar-refractivity contribution in [2.24, 2.45) is 0 Å². The Hall–Kier alpha value is -1.35. The van der Waals surface area contributed by atoms with Crippen LogP contribution in [0.1, 0.15) is 30.0 Å². The number of carbonyl (C=O) groups is 1. The van der Waals surface area contributed by atoms with Crippen LogP contribution in [0.5, 0.6) is 0 Å². The van der Waals surface area contributed by atoms with Crippen LogP contribution < -0.4 is 0 Å². The molecule has 3 nitrogen and oxygen atoms in total. The lowest BCUT2D eigenvalue weighted by molar-refractivity contribution is -0.150. The zero-order valence-corrected chi connectivity index (χ0v) is 10.7. The molecule has 1 unspecified atom stereocenters. The van der Waals surface area contributed by atoms with Gasteiger partial charge in [0.05, 0.1) is 0 Å². The predicted molar refractivity (Wildman–Crippen MR) is 67.3 cm³/mol. The lowest BCUT2D eigenvalue weighted by Crippen LogP contribution is -2.26. The van der Waals surface area contributed by atoms with Gasteiger partial charge < -0.3 is 9.84 Å². The molecule has 0 saturated carbocycles. The molecule has 0 aliphatic carbocycles. The van der Waals surface area contributed by atoms with E-state index in [0.29, 0.717) is 13.0 Å². The average Bonchev–Trinajstić information content (AvgIpc) is 2.22. The van der Waals surface area contributed by atoms with E-state index in [2.05, 4.69) is 6.07 Å². The van der Waals surface area contributed by atoms with E-state index < -0.39 is 12.1 Å².